The number of fused-ring (bicyclic) bond motifs is 1. The van der Waals surface area contributed by atoms with E-state index in [-0.39, 0.29) is 28.1 Å². The fourth-order valence-electron chi connectivity index (χ4n) is 4.51. The summed E-state index contributed by atoms with van der Waals surface area (Å²) in [6.07, 6.45) is -3.45. The zero-order chi connectivity index (χ0) is 30.9. The Kier molecular flexibility index (Phi) is 9.49. The van der Waals surface area contributed by atoms with Gasteiger partial charge in [0, 0.05) is 15.1 Å². The predicted molar refractivity (Wildman–Crippen MR) is 170 cm³/mol. The van der Waals surface area contributed by atoms with E-state index in [1.54, 1.807) is 12.1 Å². The molecule has 0 spiro atoms. The van der Waals surface area contributed by atoms with Gasteiger partial charge in [0.15, 0.2) is 10.5 Å². The Hall–Kier alpha value is -2.94. The molecule has 43 heavy (non-hydrogen) atoms. The number of thiazole rings is 1. The van der Waals surface area contributed by atoms with E-state index in [1.165, 1.54) is 31.2 Å². The van der Waals surface area contributed by atoms with Crippen LogP contribution in [-0.4, -0.2) is 23.3 Å². The maximum absolute atomic E-state index is 14.4. The molecule has 1 aromatic heterocycles. The van der Waals surface area contributed by atoms with E-state index in [2.05, 4.69) is 43.5 Å². The van der Waals surface area contributed by atoms with Gasteiger partial charge in [0.1, 0.15) is 12.4 Å². The number of rotatable bonds is 7. The number of allylic oxidation sites excluding steroid dienone is 1. The molecule has 5 rings (SSSR count). The molecule has 222 valence electrons. The third kappa shape index (κ3) is 6.76. The van der Waals surface area contributed by atoms with Crippen molar-refractivity contribution in [1.29, 1.82) is 0 Å². The van der Waals surface area contributed by atoms with Gasteiger partial charge in [-0.05, 0) is 71.0 Å². The molecule has 1 aliphatic rings. The van der Waals surface area contributed by atoms with E-state index in [1.807, 2.05) is 36.4 Å². The highest BCUT2D eigenvalue weighted by Crippen LogP contribution is 2.38. The second-order valence-corrected chi connectivity index (χ2v) is 12.7. The van der Waals surface area contributed by atoms with Crippen molar-refractivity contribution in [2.45, 2.75) is 25.7 Å². The van der Waals surface area contributed by atoms with E-state index >= 15 is 0 Å². The van der Waals surface area contributed by atoms with Crippen LogP contribution < -0.4 is 19.6 Å². The molecule has 0 saturated heterocycles. The van der Waals surface area contributed by atoms with Crippen molar-refractivity contribution in [2.24, 2.45) is 4.99 Å². The minimum Gasteiger partial charge on any atom is -0.487 e. The number of halogens is 6. The number of carbonyl (C=O) groups excluding carboxylic acids is 1. The third-order valence-electron chi connectivity index (χ3n) is 6.33. The predicted octanol–water partition coefficient (Wildman–Crippen LogP) is 6.94. The average Bonchev–Trinajstić information content (AvgIpc) is 3.26. The highest BCUT2D eigenvalue weighted by Gasteiger charge is 2.45. The first-order valence-corrected chi connectivity index (χ1v) is 15.8. The van der Waals surface area contributed by atoms with Gasteiger partial charge >= 0.3 is 12.1 Å². The van der Waals surface area contributed by atoms with E-state index in [0.29, 0.717) is 20.8 Å². The van der Waals surface area contributed by atoms with Crippen LogP contribution in [0.4, 0.5) is 13.2 Å². The summed E-state index contributed by atoms with van der Waals surface area (Å²) in [7, 11) is 0. The smallest absolute Gasteiger partial charge is 0.434 e. The molecular formula is C30H20BrClF3IN2O4S. The highest BCUT2D eigenvalue weighted by molar-refractivity contribution is 14.1. The quantitative estimate of drug-likeness (QED) is 0.150. The first-order chi connectivity index (χ1) is 20.5. The van der Waals surface area contributed by atoms with E-state index in [4.69, 9.17) is 21.1 Å². The normalized spacial score (nSPS) is 15.2. The van der Waals surface area contributed by atoms with Gasteiger partial charge in [-0.25, -0.2) is 9.79 Å². The molecule has 3 aromatic carbocycles. The van der Waals surface area contributed by atoms with Crippen LogP contribution in [0.3, 0.4) is 0 Å². The molecule has 0 fully saturated rings. The van der Waals surface area contributed by atoms with Crippen molar-refractivity contribution in [2.75, 3.05) is 6.61 Å². The maximum atomic E-state index is 14.4. The molecule has 2 heterocycles. The van der Waals surface area contributed by atoms with Crippen LogP contribution in [0.1, 0.15) is 29.7 Å². The molecule has 0 saturated carbocycles. The summed E-state index contributed by atoms with van der Waals surface area (Å²) < 4.78 is 56.9. The second kappa shape index (κ2) is 13.0. The standard InChI is InChI=1S/C30H20BrClF3IN2O4S/c1-2-41-28(40)23-24(17-8-10-20(32)11-9-17)38-27(39)22(43-29(38)37-26(23)30(33,34)35)13-18-12-19(31)14-21(36)25(18)42-15-16-6-4-3-5-7-16/h3-14,24H,2,15H2,1H3/b22-13-/t24-/m0/s1. The summed E-state index contributed by atoms with van der Waals surface area (Å²) in [5.41, 5.74) is -1.12. The van der Waals surface area contributed by atoms with Crippen molar-refractivity contribution in [3.63, 3.8) is 0 Å². The lowest BCUT2D eigenvalue weighted by Crippen LogP contribution is -2.41. The summed E-state index contributed by atoms with van der Waals surface area (Å²) in [6.45, 7) is 1.57. The Morgan fingerprint density at radius 2 is 1.86 bits per heavy atom. The Morgan fingerprint density at radius 1 is 1.16 bits per heavy atom. The monoisotopic (exact) mass is 802 g/mol. The molecular weight excluding hydrogens is 784 g/mol. The number of aromatic nitrogens is 1. The first kappa shape index (κ1) is 31.5. The molecule has 6 nitrogen and oxygen atoms in total. The van der Waals surface area contributed by atoms with E-state index < -0.39 is 35.0 Å². The number of benzene rings is 3. The SMILES string of the molecule is CCOC(=O)C1=C(C(F)(F)F)N=c2s/c(=C\c3cc(Br)cc(I)c3OCc3ccccc3)c(=O)n2[C@H]1c1ccc(Cl)cc1. The number of hydrogen-bond donors (Lipinski definition) is 0. The lowest BCUT2D eigenvalue weighted by atomic mass is 9.95. The van der Waals surface area contributed by atoms with Crippen LogP contribution in [0.25, 0.3) is 6.08 Å². The summed E-state index contributed by atoms with van der Waals surface area (Å²) in [4.78, 5) is 30.6. The van der Waals surface area contributed by atoms with Gasteiger partial charge in [-0.3, -0.25) is 9.36 Å². The summed E-state index contributed by atoms with van der Waals surface area (Å²) >= 11 is 12.4. The molecule has 1 atom stereocenters. The number of carbonyl (C=O) groups is 1. The Balaban J connectivity index is 1.72. The molecule has 0 bridgehead atoms. The van der Waals surface area contributed by atoms with Gasteiger partial charge in [0.25, 0.3) is 5.56 Å². The fourth-order valence-corrected chi connectivity index (χ4v) is 7.34. The summed E-state index contributed by atoms with van der Waals surface area (Å²) in [5.74, 6) is -0.720. The highest BCUT2D eigenvalue weighted by atomic mass is 127. The largest absolute Gasteiger partial charge is 0.487 e. The second-order valence-electron chi connectivity index (χ2n) is 9.20. The summed E-state index contributed by atoms with van der Waals surface area (Å²) in [5, 5.41) is 0.334. The van der Waals surface area contributed by atoms with Crippen molar-refractivity contribution < 1.29 is 27.4 Å². The lowest BCUT2D eigenvalue weighted by Gasteiger charge is -2.26. The van der Waals surface area contributed by atoms with Crippen molar-refractivity contribution in [3.05, 3.63) is 127 Å². The van der Waals surface area contributed by atoms with Crippen LogP contribution in [0.2, 0.25) is 5.02 Å². The van der Waals surface area contributed by atoms with E-state index in [9.17, 15) is 22.8 Å². The van der Waals surface area contributed by atoms with Gasteiger partial charge in [0.2, 0.25) is 0 Å². The zero-order valence-corrected chi connectivity index (χ0v) is 27.4. The minimum absolute atomic E-state index is 0.0998. The maximum Gasteiger partial charge on any atom is 0.434 e. The average molecular weight is 804 g/mol. The van der Waals surface area contributed by atoms with Crippen LogP contribution >= 0.6 is 61.5 Å². The first-order valence-electron chi connectivity index (χ1n) is 12.7. The molecule has 13 heteroatoms. The Labute approximate surface area is 274 Å². The van der Waals surface area contributed by atoms with Crippen molar-refractivity contribution in [3.8, 4) is 5.75 Å². The molecule has 0 aliphatic carbocycles. The Bertz CT molecular complexity index is 1910. The number of ether oxygens (including phenoxy) is 2. The van der Waals surface area contributed by atoms with Crippen molar-refractivity contribution in [1.82, 2.24) is 4.57 Å². The minimum atomic E-state index is -5.00. The van der Waals surface area contributed by atoms with Crippen molar-refractivity contribution >= 4 is 73.5 Å². The molecule has 4 aromatic rings. The van der Waals surface area contributed by atoms with Crippen LogP contribution in [0.5, 0.6) is 5.75 Å². The Morgan fingerprint density at radius 3 is 2.51 bits per heavy atom. The fraction of sp³-hybridized carbons (Fsp3) is 0.167. The lowest BCUT2D eigenvalue weighted by molar-refractivity contribution is -0.140. The third-order valence-corrected chi connectivity index (χ3v) is 8.82. The van der Waals surface area contributed by atoms with Gasteiger partial charge in [-0.15, -0.1) is 0 Å². The van der Waals surface area contributed by atoms with Crippen LogP contribution in [0, 0.1) is 3.57 Å². The van der Waals surface area contributed by atoms with Gasteiger partial charge in [-0.2, -0.15) is 13.2 Å². The van der Waals surface area contributed by atoms with Gasteiger partial charge in [0.05, 0.1) is 26.3 Å². The van der Waals surface area contributed by atoms with Gasteiger partial charge < -0.3 is 9.47 Å². The summed E-state index contributed by atoms with van der Waals surface area (Å²) in [6, 6.07) is 17.5. The molecule has 0 radical (unpaired) electrons. The molecule has 0 amide bonds. The van der Waals surface area contributed by atoms with Crippen LogP contribution in [-0.2, 0) is 16.1 Å². The van der Waals surface area contributed by atoms with Gasteiger partial charge in [-0.1, -0.05) is 81.3 Å². The zero-order valence-electron chi connectivity index (χ0n) is 22.1. The topological polar surface area (TPSA) is 69.9 Å². The number of alkyl halides is 3. The molecule has 0 unspecified atom stereocenters. The molecule has 0 N–H and O–H groups in total. The number of nitrogens with zero attached hydrogens (tertiary/aromatic N) is 2. The van der Waals surface area contributed by atoms with Crippen LogP contribution in [0.15, 0.2) is 92.3 Å². The molecule has 1 aliphatic heterocycles. The number of esters is 1. The number of hydrogen-bond acceptors (Lipinski definition) is 6. The van der Waals surface area contributed by atoms with E-state index in [0.717, 1.165) is 25.0 Å².